The van der Waals surface area contributed by atoms with E-state index in [-0.39, 0.29) is 11.1 Å². The molecule has 0 bridgehead atoms. The number of hydrogen-bond donors (Lipinski definition) is 0. The highest BCUT2D eigenvalue weighted by Crippen LogP contribution is 2.30. The SMILES string of the molecule is COCCCn1ccc2c(nnc3c(-c4ccc(Cl)cc4)c(COC)nn32)c1=O. The largest absolute Gasteiger partial charge is 0.385 e. The number of halogens is 1. The molecule has 4 rings (SSSR count). The van der Waals surface area contributed by atoms with Crippen LogP contribution >= 0.6 is 11.6 Å². The minimum absolute atomic E-state index is 0.204. The third-order valence-corrected chi connectivity index (χ3v) is 4.94. The van der Waals surface area contributed by atoms with Gasteiger partial charge in [0.25, 0.3) is 5.56 Å². The van der Waals surface area contributed by atoms with Gasteiger partial charge in [-0.05, 0) is 30.2 Å². The summed E-state index contributed by atoms with van der Waals surface area (Å²) in [7, 11) is 3.25. The normalized spacial score (nSPS) is 11.6. The molecule has 0 aliphatic heterocycles. The van der Waals surface area contributed by atoms with Gasteiger partial charge in [-0.1, -0.05) is 23.7 Å². The fraction of sp³-hybridized carbons (Fsp3) is 0.300. The number of rotatable bonds is 7. The van der Waals surface area contributed by atoms with E-state index < -0.39 is 0 Å². The van der Waals surface area contributed by atoms with Crippen molar-refractivity contribution in [3.05, 3.63) is 57.6 Å². The van der Waals surface area contributed by atoms with Gasteiger partial charge in [0.2, 0.25) is 0 Å². The monoisotopic (exact) mass is 413 g/mol. The van der Waals surface area contributed by atoms with Crippen LogP contribution in [0.15, 0.2) is 41.3 Å². The molecule has 0 spiro atoms. The molecule has 0 saturated carbocycles. The van der Waals surface area contributed by atoms with Crippen LogP contribution in [0, 0.1) is 0 Å². The Hall–Kier alpha value is -2.81. The van der Waals surface area contributed by atoms with E-state index in [1.807, 2.05) is 30.3 Å². The summed E-state index contributed by atoms with van der Waals surface area (Å²) in [5.74, 6) is 0. The summed E-state index contributed by atoms with van der Waals surface area (Å²) in [6, 6.07) is 9.25. The Morgan fingerprint density at radius 1 is 1.07 bits per heavy atom. The molecule has 29 heavy (non-hydrogen) atoms. The molecular weight excluding hydrogens is 394 g/mol. The lowest BCUT2D eigenvalue weighted by molar-refractivity contribution is 0.181. The second kappa shape index (κ2) is 8.28. The van der Waals surface area contributed by atoms with Crippen LogP contribution in [-0.2, 0) is 22.6 Å². The van der Waals surface area contributed by atoms with Gasteiger partial charge in [0.15, 0.2) is 11.2 Å². The molecule has 0 aliphatic carbocycles. The summed E-state index contributed by atoms with van der Waals surface area (Å²) in [4.78, 5) is 12.8. The maximum atomic E-state index is 12.8. The number of benzene rings is 1. The number of aromatic nitrogens is 5. The van der Waals surface area contributed by atoms with Crippen molar-refractivity contribution < 1.29 is 9.47 Å². The van der Waals surface area contributed by atoms with E-state index in [2.05, 4.69) is 15.3 Å². The third-order valence-electron chi connectivity index (χ3n) is 4.69. The smallest absolute Gasteiger partial charge is 0.280 e. The van der Waals surface area contributed by atoms with Crippen molar-refractivity contribution in [2.75, 3.05) is 20.8 Å². The van der Waals surface area contributed by atoms with Crippen LogP contribution in [0.2, 0.25) is 5.02 Å². The third kappa shape index (κ3) is 3.62. The van der Waals surface area contributed by atoms with E-state index in [0.717, 1.165) is 17.5 Å². The Labute approximate surface area is 171 Å². The molecule has 3 heterocycles. The Kier molecular flexibility index (Phi) is 5.57. The molecule has 8 nitrogen and oxygen atoms in total. The molecule has 0 radical (unpaired) electrons. The number of methoxy groups -OCH3 is 2. The van der Waals surface area contributed by atoms with E-state index in [0.29, 0.717) is 41.6 Å². The first-order valence-electron chi connectivity index (χ1n) is 9.15. The van der Waals surface area contributed by atoms with Gasteiger partial charge < -0.3 is 14.0 Å². The van der Waals surface area contributed by atoms with Crippen LogP contribution in [0.1, 0.15) is 12.1 Å². The lowest BCUT2D eigenvalue weighted by Crippen LogP contribution is -2.22. The molecule has 150 valence electrons. The van der Waals surface area contributed by atoms with Crippen LogP contribution in [0.25, 0.3) is 27.8 Å². The Morgan fingerprint density at radius 2 is 1.86 bits per heavy atom. The molecule has 0 N–H and O–H groups in total. The quantitative estimate of drug-likeness (QED) is 0.433. The summed E-state index contributed by atoms with van der Waals surface area (Å²) in [6.07, 6.45) is 2.49. The molecule has 0 atom stereocenters. The highest BCUT2D eigenvalue weighted by molar-refractivity contribution is 6.30. The predicted molar refractivity (Wildman–Crippen MR) is 110 cm³/mol. The summed E-state index contributed by atoms with van der Waals surface area (Å²) < 4.78 is 13.7. The molecule has 0 amide bonds. The molecule has 1 aromatic carbocycles. The van der Waals surface area contributed by atoms with Gasteiger partial charge >= 0.3 is 0 Å². The highest BCUT2D eigenvalue weighted by Gasteiger charge is 2.19. The molecule has 4 aromatic rings. The first-order chi connectivity index (χ1) is 14.1. The van der Waals surface area contributed by atoms with Gasteiger partial charge in [-0.15, -0.1) is 10.2 Å². The second-order valence-electron chi connectivity index (χ2n) is 6.59. The van der Waals surface area contributed by atoms with Crippen molar-refractivity contribution in [3.8, 4) is 11.1 Å². The standard InChI is InChI=1S/C20H20ClN5O3/c1-28-11-3-9-25-10-8-16-18(20(25)27)22-23-19-17(13-4-6-14(21)7-5-13)15(12-29-2)24-26(16)19/h4-8,10H,3,9,11-12H2,1-2H3. The molecule has 0 fully saturated rings. The fourth-order valence-electron chi connectivity index (χ4n) is 3.33. The van der Waals surface area contributed by atoms with Crippen LogP contribution in [0.3, 0.4) is 0 Å². The Balaban J connectivity index is 1.90. The van der Waals surface area contributed by atoms with Crippen molar-refractivity contribution in [1.29, 1.82) is 0 Å². The van der Waals surface area contributed by atoms with Crippen molar-refractivity contribution in [1.82, 2.24) is 24.4 Å². The number of hydrogen-bond acceptors (Lipinski definition) is 6. The van der Waals surface area contributed by atoms with E-state index in [1.54, 1.807) is 29.5 Å². The van der Waals surface area contributed by atoms with Crippen molar-refractivity contribution in [2.45, 2.75) is 19.6 Å². The molecule has 0 unspecified atom stereocenters. The summed E-state index contributed by atoms with van der Waals surface area (Å²) in [5.41, 5.74) is 3.64. The van der Waals surface area contributed by atoms with Crippen LogP contribution in [0.5, 0.6) is 0 Å². The average molecular weight is 414 g/mol. The number of nitrogens with zero attached hydrogens (tertiary/aromatic N) is 5. The van der Waals surface area contributed by atoms with Crippen LogP contribution in [-0.4, -0.2) is 45.2 Å². The van der Waals surface area contributed by atoms with Gasteiger partial charge in [0.05, 0.1) is 17.9 Å². The second-order valence-corrected chi connectivity index (χ2v) is 7.03. The van der Waals surface area contributed by atoms with Crippen molar-refractivity contribution in [2.24, 2.45) is 0 Å². The maximum absolute atomic E-state index is 12.8. The van der Waals surface area contributed by atoms with Gasteiger partial charge in [-0.2, -0.15) is 5.10 Å². The van der Waals surface area contributed by atoms with Crippen molar-refractivity contribution in [3.63, 3.8) is 0 Å². The first kappa shape index (κ1) is 19.5. The van der Waals surface area contributed by atoms with Gasteiger partial charge in [-0.3, -0.25) is 4.79 Å². The molecule has 9 heteroatoms. The van der Waals surface area contributed by atoms with Crippen LogP contribution in [0.4, 0.5) is 0 Å². The van der Waals surface area contributed by atoms with E-state index in [1.165, 1.54) is 0 Å². The number of aryl methyl sites for hydroxylation is 1. The van der Waals surface area contributed by atoms with Gasteiger partial charge in [0, 0.05) is 38.6 Å². The lowest BCUT2D eigenvalue weighted by atomic mass is 10.1. The maximum Gasteiger partial charge on any atom is 0.280 e. The predicted octanol–water partition coefficient (Wildman–Crippen LogP) is 2.94. The molecular formula is C20H20ClN5O3. The summed E-state index contributed by atoms with van der Waals surface area (Å²) >= 11 is 6.03. The number of fused-ring (bicyclic) bond motifs is 3. The lowest BCUT2D eigenvalue weighted by Gasteiger charge is -2.07. The number of ether oxygens (including phenoxy) is 2. The zero-order valence-electron chi connectivity index (χ0n) is 16.1. The summed E-state index contributed by atoms with van der Waals surface area (Å²) in [6.45, 7) is 1.43. The minimum Gasteiger partial charge on any atom is -0.385 e. The Bertz CT molecular complexity index is 1220. The van der Waals surface area contributed by atoms with E-state index in [4.69, 9.17) is 21.1 Å². The van der Waals surface area contributed by atoms with Crippen molar-refractivity contribution >= 4 is 28.3 Å². The summed E-state index contributed by atoms with van der Waals surface area (Å²) in [5, 5.41) is 13.9. The zero-order chi connectivity index (χ0) is 20.4. The zero-order valence-corrected chi connectivity index (χ0v) is 16.9. The highest BCUT2D eigenvalue weighted by atomic mass is 35.5. The van der Waals surface area contributed by atoms with Gasteiger partial charge in [0.1, 0.15) is 5.52 Å². The average Bonchev–Trinajstić information content (AvgIpc) is 3.09. The first-order valence-corrected chi connectivity index (χ1v) is 9.53. The minimum atomic E-state index is -0.204. The van der Waals surface area contributed by atoms with E-state index >= 15 is 0 Å². The molecule has 0 saturated heterocycles. The van der Waals surface area contributed by atoms with Gasteiger partial charge in [-0.25, -0.2) is 4.52 Å². The number of pyridine rings is 1. The fourth-order valence-corrected chi connectivity index (χ4v) is 3.46. The molecule has 0 aliphatic rings. The molecule has 3 aromatic heterocycles. The van der Waals surface area contributed by atoms with E-state index in [9.17, 15) is 4.79 Å². The topological polar surface area (TPSA) is 83.5 Å². The van der Waals surface area contributed by atoms with Crippen LogP contribution < -0.4 is 5.56 Å². The Morgan fingerprint density at radius 3 is 2.59 bits per heavy atom.